The van der Waals surface area contributed by atoms with Gasteiger partial charge in [-0.3, -0.25) is 9.20 Å². The zero-order chi connectivity index (χ0) is 16.5. The first-order valence-electron chi connectivity index (χ1n) is 7.24. The maximum Gasteiger partial charge on any atom is 0.269 e. The first kappa shape index (κ1) is 15.8. The second-order valence-corrected chi connectivity index (χ2v) is 8.22. The Hall–Kier alpha value is -1.71. The number of fused-ring (bicyclic) bond motifs is 1. The third-order valence-corrected chi connectivity index (χ3v) is 6.03. The normalized spacial score (nSPS) is 11.0. The summed E-state index contributed by atoms with van der Waals surface area (Å²) in [4.78, 5) is 19.0. The van der Waals surface area contributed by atoms with Crippen molar-refractivity contribution >= 4 is 56.1 Å². The van der Waals surface area contributed by atoms with Gasteiger partial charge in [-0.15, -0.1) is 22.7 Å². The Balaban J connectivity index is 1.54. The summed E-state index contributed by atoms with van der Waals surface area (Å²) >= 11 is 5.39. The predicted octanol–water partition coefficient (Wildman–Crippen LogP) is 4.66. The fourth-order valence-corrected chi connectivity index (χ4v) is 4.26. The monoisotopic (exact) mass is 465 g/mol. The molecule has 0 fully saturated rings. The highest BCUT2D eigenvalue weighted by Gasteiger charge is 2.15. The van der Waals surface area contributed by atoms with E-state index in [1.807, 2.05) is 57.8 Å². The van der Waals surface area contributed by atoms with Gasteiger partial charge in [0.05, 0.1) is 4.88 Å². The quantitative estimate of drug-likeness (QED) is 0.446. The second-order valence-electron chi connectivity index (χ2n) is 5.19. The molecule has 1 aromatic carbocycles. The van der Waals surface area contributed by atoms with Crippen molar-refractivity contribution in [2.75, 3.05) is 0 Å². The fraction of sp³-hybridized carbons (Fsp3) is 0.0588. The number of nitrogens with one attached hydrogen (secondary N) is 1. The van der Waals surface area contributed by atoms with Gasteiger partial charge in [0.1, 0.15) is 11.4 Å². The van der Waals surface area contributed by atoms with Crippen LogP contribution < -0.4 is 5.32 Å². The molecule has 1 N–H and O–H groups in total. The first-order valence-corrected chi connectivity index (χ1v) is 10.1. The molecule has 0 radical (unpaired) electrons. The van der Waals surface area contributed by atoms with Gasteiger partial charge in [0.25, 0.3) is 5.91 Å². The van der Waals surface area contributed by atoms with E-state index in [1.165, 1.54) is 14.9 Å². The Morgan fingerprint density at radius 2 is 2.04 bits per heavy atom. The summed E-state index contributed by atoms with van der Waals surface area (Å²) in [5.41, 5.74) is 2.61. The average Bonchev–Trinajstić information content (AvgIpc) is 3.29. The third kappa shape index (κ3) is 3.11. The van der Waals surface area contributed by atoms with Crippen LogP contribution in [0, 0.1) is 3.57 Å². The minimum absolute atomic E-state index is 0.0880. The summed E-state index contributed by atoms with van der Waals surface area (Å²) in [6, 6.07) is 12.2. The van der Waals surface area contributed by atoms with Crippen molar-refractivity contribution in [3.8, 4) is 10.6 Å². The Kier molecular flexibility index (Phi) is 4.38. The molecule has 1 amide bonds. The summed E-state index contributed by atoms with van der Waals surface area (Å²) in [6.45, 7) is 0.513. The molecular weight excluding hydrogens is 453 g/mol. The van der Waals surface area contributed by atoms with Crippen LogP contribution in [-0.2, 0) is 6.54 Å². The lowest BCUT2D eigenvalue weighted by molar-refractivity contribution is 0.0945. The predicted molar refractivity (Wildman–Crippen MR) is 107 cm³/mol. The number of halogens is 1. The lowest BCUT2D eigenvalue weighted by Crippen LogP contribution is -2.23. The number of rotatable bonds is 4. The van der Waals surface area contributed by atoms with Gasteiger partial charge in [0, 0.05) is 21.7 Å². The summed E-state index contributed by atoms with van der Waals surface area (Å²) in [5.74, 6) is -0.0880. The molecule has 0 aliphatic rings. The van der Waals surface area contributed by atoms with E-state index < -0.39 is 0 Å². The van der Waals surface area contributed by atoms with Crippen LogP contribution >= 0.6 is 45.3 Å². The lowest BCUT2D eigenvalue weighted by atomic mass is 10.2. The molecule has 0 aliphatic carbocycles. The van der Waals surface area contributed by atoms with Gasteiger partial charge in [-0.05, 0) is 51.7 Å². The van der Waals surface area contributed by atoms with Crippen LogP contribution in [0.15, 0.2) is 53.4 Å². The van der Waals surface area contributed by atoms with E-state index >= 15 is 0 Å². The van der Waals surface area contributed by atoms with Crippen molar-refractivity contribution in [2.45, 2.75) is 6.54 Å². The van der Waals surface area contributed by atoms with Gasteiger partial charge < -0.3 is 5.32 Å². The highest BCUT2D eigenvalue weighted by Crippen LogP contribution is 2.26. The number of hydrogen-bond acceptors (Lipinski definition) is 4. The molecule has 0 atom stereocenters. The second kappa shape index (κ2) is 6.66. The molecule has 0 saturated carbocycles. The molecule has 0 unspecified atom stereocenters. The number of aromatic nitrogens is 2. The Labute approximate surface area is 160 Å². The van der Waals surface area contributed by atoms with E-state index in [-0.39, 0.29) is 5.91 Å². The summed E-state index contributed by atoms with van der Waals surface area (Å²) in [7, 11) is 0. The van der Waals surface area contributed by atoms with Crippen LogP contribution in [-0.4, -0.2) is 15.3 Å². The van der Waals surface area contributed by atoms with Gasteiger partial charge in [0.2, 0.25) is 0 Å². The Bertz CT molecular complexity index is 987. The zero-order valence-corrected chi connectivity index (χ0v) is 16.2. The number of carbonyl (C=O) groups is 1. The van der Waals surface area contributed by atoms with Gasteiger partial charge in [-0.25, -0.2) is 4.98 Å². The van der Waals surface area contributed by atoms with Crippen molar-refractivity contribution in [1.29, 1.82) is 0 Å². The molecule has 4 aromatic rings. The molecule has 7 heteroatoms. The number of nitrogens with zero attached hydrogens (tertiary/aromatic N) is 2. The van der Waals surface area contributed by atoms with E-state index in [4.69, 9.17) is 0 Å². The number of thiazole rings is 1. The van der Waals surface area contributed by atoms with Crippen LogP contribution in [0.4, 0.5) is 0 Å². The van der Waals surface area contributed by atoms with Crippen LogP contribution in [0.5, 0.6) is 0 Å². The number of imidazole rings is 1. The molecule has 4 nitrogen and oxygen atoms in total. The van der Waals surface area contributed by atoms with Crippen molar-refractivity contribution in [2.24, 2.45) is 0 Å². The summed E-state index contributed by atoms with van der Waals surface area (Å²) < 4.78 is 3.05. The number of benzene rings is 1. The molecule has 120 valence electrons. The van der Waals surface area contributed by atoms with Crippen LogP contribution in [0.1, 0.15) is 16.1 Å². The van der Waals surface area contributed by atoms with E-state index in [2.05, 4.69) is 32.9 Å². The number of thiophene rings is 1. The van der Waals surface area contributed by atoms with E-state index in [0.29, 0.717) is 12.2 Å². The lowest BCUT2D eigenvalue weighted by Gasteiger charge is -2.04. The molecule has 0 saturated heterocycles. The van der Waals surface area contributed by atoms with Crippen molar-refractivity contribution in [3.05, 3.63) is 68.2 Å². The van der Waals surface area contributed by atoms with E-state index in [0.717, 1.165) is 21.1 Å². The van der Waals surface area contributed by atoms with Crippen LogP contribution in [0.3, 0.4) is 0 Å². The first-order chi connectivity index (χ1) is 11.7. The van der Waals surface area contributed by atoms with E-state index in [1.54, 1.807) is 11.3 Å². The maximum atomic E-state index is 12.5. The zero-order valence-electron chi connectivity index (χ0n) is 12.4. The topological polar surface area (TPSA) is 46.4 Å². The molecule has 0 bridgehead atoms. The van der Waals surface area contributed by atoms with Gasteiger partial charge in [-0.2, -0.15) is 0 Å². The maximum absolute atomic E-state index is 12.5. The fourth-order valence-electron chi connectivity index (χ4n) is 2.37. The molecule has 0 aliphatic heterocycles. The number of amides is 1. The van der Waals surface area contributed by atoms with Crippen molar-refractivity contribution in [3.63, 3.8) is 0 Å². The largest absolute Gasteiger partial charge is 0.347 e. The Morgan fingerprint density at radius 3 is 2.79 bits per heavy atom. The Morgan fingerprint density at radius 1 is 1.21 bits per heavy atom. The van der Waals surface area contributed by atoms with Gasteiger partial charge >= 0.3 is 0 Å². The van der Waals surface area contributed by atoms with Gasteiger partial charge in [0.15, 0.2) is 4.96 Å². The minimum Gasteiger partial charge on any atom is -0.347 e. The highest BCUT2D eigenvalue weighted by molar-refractivity contribution is 14.1. The molecule has 3 aromatic heterocycles. The van der Waals surface area contributed by atoms with Crippen LogP contribution in [0.2, 0.25) is 0 Å². The standard InChI is InChI=1S/C17H12IN3OS2/c18-12-5-3-11(4-6-12)8-19-16(22)14-10-24-17-20-13(9-21(14)17)15-2-1-7-23-15/h1-7,9-10H,8H2,(H,19,22). The summed E-state index contributed by atoms with van der Waals surface area (Å²) in [5, 5.41) is 6.85. The molecule has 4 rings (SSSR count). The van der Waals surface area contributed by atoms with E-state index in [9.17, 15) is 4.79 Å². The number of hydrogen-bond donors (Lipinski definition) is 1. The average molecular weight is 465 g/mol. The number of carbonyl (C=O) groups excluding carboxylic acids is 1. The van der Waals surface area contributed by atoms with Gasteiger partial charge in [-0.1, -0.05) is 18.2 Å². The minimum atomic E-state index is -0.0880. The molecular formula is C17H12IN3OS2. The summed E-state index contributed by atoms with van der Waals surface area (Å²) in [6.07, 6.45) is 1.93. The SMILES string of the molecule is O=C(NCc1ccc(I)cc1)c1csc2nc(-c3cccs3)cn12. The highest BCUT2D eigenvalue weighted by atomic mass is 127. The molecule has 3 heterocycles. The molecule has 24 heavy (non-hydrogen) atoms. The third-order valence-electron chi connectivity index (χ3n) is 3.58. The van der Waals surface area contributed by atoms with Crippen LogP contribution in [0.25, 0.3) is 15.5 Å². The van der Waals surface area contributed by atoms with Crippen molar-refractivity contribution in [1.82, 2.24) is 14.7 Å². The van der Waals surface area contributed by atoms with Crippen molar-refractivity contribution < 1.29 is 4.79 Å². The smallest absolute Gasteiger partial charge is 0.269 e. The molecule has 0 spiro atoms.